The molecule has 0 aromatic carbocycles. The van der Waals surface area contributed by atoms with Crippen molar-refractivity contribution < 1.29 is 26.9 Å². The zero-order valence-corrected chi connectivity index (χ0v) is 99.2. The molecule has 10 rings (SSSR count). The molecule has 0 unspecified atom stereocenters. The van der Waals surface area contributed by atoms with Gasteiger partial charge in [-0.3, -0.25) is 16.4 Å². The van der Waals surface area contributed by atoms with Crippen LogP contribution in [0.25, 0.3) is 44.7 Å². The number of hydrogen-bond donors (Lipinski definition) is 4. The number of carbonyl (C=O) groups excluding carboxylic acids is 1. The largest absolute Gasteiger partial charge is 2.00 e. The van der Waals surface area contributed by atoms with Gasteiger partial charge in [0.1, 0.15) is 62.1 Å². The second-order valence-corrected chi connectivity index (χ2v) is 35.5. The second-order valence-electron chi connectivity index (χ2n) is 29.0. The van der Waals surface area contributed by atoms with Crippen molar-refractivity contribution in [2.75, 3.05) is 66.5 Å². The van der Waals surface area contributed by atoms with Crippen LogP contribution in [0, 0.1) is 6.58 Å². The first kappa shape index (κ1) is 132. The molecule has 0 aliphatic carbocycles. The van der Waals surface area contributed by atoms with E-state index >= 15 is 0 Å². The molecule has 0 bridgehead atoms. The molecule has 0 saturated heterocycles. The van der Waals surface area contributed by atoms with Gasteiger partial charge in [-0.05, 0) is 219 Å². The van der Waals surface area contributed by atoms with E-state index < -0.39 is 5.60 Å². The number of likely N-dealkylation sites (N-methyl/N-ethyl adjacent to an activating group) is 1. The smallest absolute Gasteiger partial charge is 1.00 e. The summed E-state index contributed by atoms with van der Waals surface area (Å²) in [5.41, 5.74) is 17.4. The summed E-state index contributed by atoms with van der Waals surface area (Å²) in [6.07, 6.45) is 34.4. The van der Waals surface area contributed by atoms with Crippen LogP contribution in [0.3, 0.4) is 0 Å². The Balaban J connectivity index is -0.00000146. The van der Waals surface area contributed by atoms with Crippen LogP contribution in [-0.2, 0) is 45.2 Å². The van der Waals surface area contributed by atoms with Crippen LogP contribution in [0.1, 0.15) is 273 Å². The van der Waals surface area contributed by atoms with Crippen molar-refractivity contribution in [3.63, 3.8) is 0 Å². The van der Waals surface area contributed by atoms with Gasteiger partial charge >= 0.3 is 47.8 Å². The number of nitrogens with zero attached hydrogens (tertiary/aromatic N) is 19. The number of hydrogen-bond acceptors (Lipinski definition) is 21. The number of allylic oxidation sites excluding steroid dienone is 3. The molecule has 0 fully saturated rings. The van der Waals surface area contributed by atoms with Gasteiger partial charge in [0.05, 0.1) is 35.1 Å². The third-order valence-electron chi connectivity index (χ3n) is 21.3. The van der Waals surface area contributed by atoms with Gasteiger partial charge in [-0.25, -0.2) is 59.8 Å². The average Bonchev–Trinajstić information content (AvgIpc) is 1.59. The van der Waals surface area contributed by atoms with Gasteiger partial charge < -0.3 is 62.8 Å². The minimum absolute atomic E-state index is 0. The summed E-state index contributed by atoms with van der Waals surface area (Å²) in [7, 11) is 15.9. The monoisotopic (exact) mass is 2390 g/mol. The molecule has 10 aromatic heterocycles. The summed E-state index contributed by atoms with van der Waals surface area (Å²) in [5.74, 6) is 5.04. The van der Waals surface area contributed by atoms with Gasteiger partial charge in [-0.2, -0.15) is 0 Å². The summed E-state index contributed by atoms with van der Waals surface area (Å²) in [6, 6.07) is 2.23. The molecule has 0 spiro atoms. The first-order valence-corrected chi connectivity index (χ1v) is 51.7. The Morgan fingerprint density at radius 3 is 1.33 bits per heavy atom. The average molecular weight is 2400 g/mol. The van der Waals surface area contributed by atoms with Gasteiger partial charge in [0.25, 0.3) is 0 Å². The van der Waals surface area contributed by atoms with Crippen molar-refractivity contribution in [1.29, 1.82) is 0 Å². The van der Waals surface area contributed by atoms with E-state index in [0.717, 1.165) is 176 Å². The third kappa shape index (κ3) is 42.9. The minimum atomic E-state index is -0.611. The number of pyridine rings is 1. The van der Waals surface area contributed by atoms with Crippen molar-refractivity contribution in [2.24, 2.45) is 25.4 Å². The van der Waals surface area contributed by atoms with Crippen molar-refractivity contribution in [3.05, 3.63) is 175 Å². The van der Waals surface area contributed by atoms with E-state index in [9.17, 15) is 9.90 Å². The number of rotatable bonds is 31. The summed E-state index contributed by atoms with van der Waals surface area (Å²) < 4.78 is 11.9. The summed E-state index contributed by atoms with van der Waals surface area (Å²) in [4.78, 5) is 71.9. The van der Waals surface area contributed by atoms with E-state index in [1.54, 1.807) is 31.9 Å². The van der Waals surface area contributed by atoms with Crippen LogP contribution in [0.5, 0.6) is 0 Å². The fraction of sp³-hybridized carbons (Fsp3) is 0.532. The first-order chi connectivity index (χ1) is 61.9. The predicted molar refractivity (Wildman–Crippen MR) is 588 cm³/mol. The van der Waals surface area contributed by atoms with E-state index in [2.05, 4.69) is 353 Å². The quantitative estimate of drug-likeness (QED) is 0.0103. The fourth-order valence-electron chi connectivity index (χ4n) is 13.0. The van der Waals surface area contributed by atoms with Crippen LogP contribution in [0.2, 0.25) is 25.8 Å². The Morgan fingerprint density at radius 1 is 0.561 bits per heavy atom. The van der Waals surface area contributed by atoms with Crippen LogP contribution in [0.4, 0.5) is 23.3 Å². The Bertz CT molecular complexity index is 5080. The van der Waals surface area contributed by atoms with Crippen LogP contribution >= 0.6 is 166 Å². The maximum atomic E-state index is 10.2. The van der Waals surface area contributed by atoms with E-state index in [-0.39, 0.29) is 40.0 Å². The number of aromatic nitrogens is 16. The molecule has 3 N–H and O–H groups in total. The number of carbonyl (C=O) groups is 1. The molecule has 10 heterocycles. The van der Waals surface area contributed by atoms with Crippen LogP contribution in [0.15, 0.2) is 113 Å². The number of anilines is 4. The maximum absolute atomic E-state index is 10.2. The number of Topliss-reactive ketones (excluding diaryl/α,β-unsaturated/α-hetero) is 1. The van der Waals surface area contributed by atoms with Crippen molar-refractivity contribution in [2.45, 2.75) is 264 Å². The van der Waals surface area contributed by atoms with E-state index in [1.165, 1.54) is 46.9 Å². The van der Waals surface area contributed by atoms with E-state index in [0.29, 0.717) is 96.8 Å². The second kappa shape index (κ2) is 73.0. The molecule has 0 amide bonds. The zero-order valence-electron chi connectivity index (χ0n) is 82.0. The summed E-state index contributed by atoms with van der Waals surface area (Å²) >= 11 is 52.2. The number of thiol groups is 1. The first-order valence-electron chi connectivity index (χ1n) is 44.3. The molecule has 727 valence electrons. The number of ketones is 1. The Hall–Kier alpha value is -4.17. The number of aliphatic hydroxyl groups is 1. The van der Waals surface area contributed by atoms with Crippen LogP contribution < -0.4 is 37.4 Å². The van der Waals surface area contributed by atoms with Crippen molar-refractivity contribution in [3.8, 4) is 11.3 Å². The number of alkyl halides is 1. The molecule has 1 radical (unpaired) electrons. The molecule has 38 heteroatoms. The molecule has 23 nitrogen and oxygen atoms in total. The molecule has 10 aromatic rings. The molecule has 0 atom stereocenters. The molecule has 0 saturated carbocycles. The third-order valence-corrected chi connectivity index (χ3v) is 26.4. The molecule has 132 heavy (non-hydrogen) atoms. The predicted octanol–water partition coefficient (Wildman–Crippen LogP) is 26.6. The zero-order chi connectivity index (χ0) is 99.3. The standard InChI is InChI=1S/C25H37N5.C14H20ClN3.C12H16Br2ClN3.C12H15BrClN3.C7H13Br.C7H14O.C5H4Br2ClN3.C5H6ClN3.C5H10O.C2H3.BHNS.BrH.Mg/c1-8-17(9-2)20-16-29(7)25-24(20)27-21(11-4)23(28-25)19-15-26-22(14-18(19)10-3)30(12-5)13-6;1-5-9(6-2)10-8-18(4)14-12(10)16-11(7-3)13(15)17-14;1-4-8(5-2)6-7-18(3)12-10(14)16-9(13)11(15)17-12;1-4-7(5-2)8-6-17(3)12-9(8)15-10(13)11(14)16-12;1-3-7(4-2)5-6-8;1-4-7(8,5-2)6-3;1-9-5-3(7)10-2(6)4(8)11-5;1-7-5-3-8-2-4(6)9-5;1-3-5(6)4-2;1-2;1-2-3;;/h14-17H,8-13H2,1-7H3;8-9H,5-7H2,1-4H3;6H,4-5,7H2,1-3H3;6-7H,4-5H2,1-3H3;5H,3-4,6H2,1-2H3;4,8H,1,5-6H2,2-3H3;1H3,(H,9,11);2-3H,1H3,(H,7,9);3-4H2,1-2H3;1H,2H2;3H;1H;/q;;;;;;;;;-1;;;+2/p-1. The van der Waals surface area contributed by atoms with Gasteiger partial charge in [-0.15, -0.1) is 6.58 Å². The fourth-order valence-corrected chi connectivity index (χ4v) is 16.6. The normalized spacial score (nSPS) is 10.3. The van der Waals surface area contributed by atoms with E-state index in [1.807, 2.05) is 69.1 Å². The summed E-state index contributed by atoms with van der Waals surface area (Å²) in [5, 5.41) is 18.0. The molecular weight excluding hydrogens is 2260 g/mol. The van der Waals surface area contributed by atoms with Crippen LogP contribution in [-0.4, -0.2) is 172 Å². The Labute approximate surface area is 897 Å². The topological polar surface area (TPSA) is 263 Å². The summed E-state index contributed by atoms with van der Waals surface area (Å²) in [6.45, 7) is 53.7. The van der Waals surface area contributed by atoms with Gasteiger partial charge in [0.2, 0.25) is 0 Å². The molecule has 0 aliphatic heterocycles. The van der Waals surface area contributed by atoms with Gasteiger partial charge in [0.15, 0.2) is 49.2 Å². The number of aryl methyl sites for hydroxylation is 6. The minimum Gasteiger partial charge on any atom is -1.00 e. The SMILES string of the molecule is C=CC(O)(CC)CC.CCC(=CCBr)CC.CCC(=CCN(C)c1nc(Cl)c(Br)nc1Br)CC.CCC(=O)CC.CCC(CC)c1cn(C)c2nc(Cl)c(Br)nc12.CCc1cc(N(CC)CC)ncc1-c1nc2c(nc1CC)c(C(CC)CC)cn2C.CCc1nc2c(C(CC)CC)cn(C)c2nc1Cl.CNc1cncc(Cl)n1.CNc1nc(Cl)c(Br)nc1Br.[B]=NS.[Br-].[CH-]=C.[Mg+2]. The van der Waals surface area contributed by atoms with Crippen molar-refractivity contribution >= 4 is 260 Å². The molecular formula is C94H139BBr7Cl5MgN21O2S. The van der Waals surface area contributed by atoms with Gasteiger partial charge in [0, 0.05) is 127 Å². The van der Waals surface area contributed by atoms with Crippen molar-refractivity contribution in [1.82, 2.24) is 78.5 Å². The Morgan fingerprint density at radius 2 is 0.970 bits per heavy atom. The number of halogens is 12. The molecule has 0 aliphatic rings. The Kier molecular flexibility index (Phi) is 73.0. The maximum Gasteiger partial charge on any atom is 2.00 e. The van der Waals surface area contributed by atoms with E-state index in [4.69, 9.17) is 77.9 Å². The van der Waals surface area contributed by atoms with Gasteiger partial charge in [-0.1, -0.05) is 221 Å². The number of nitrogens with one attached hydrogen (secondary N) is 2. The number of fused-ring (bicyclic) bond motifs is 3.